The summed E-state index contributed by atoms with van der Waals surface area (Å²) in [6.07, 6.45) is 1.47. The number of carbonyl (C=O) groups excluding carboxylic acids is 1. The van der Waals surface area contributed by atoms with Crippen LogP contribution in [0.25, 0.3) is 0 Å². The first kappa shape index (κ1) is 24.2. The minimum Gasteiger partial charge on any atom is -0.493 e. The van der Waals surface area contributed by atoms with Crippen LogP contribution in [0.2, 0.25) is 0 Å². The van der Waals surface area contributed by atoms with Crippen molar-refractivity contribution < 1.29 is 17.9 Å². The fourth-order valence-electron chi connectivity index (χ4n) is 3.11. The number of sulfonamides is 1. The number of hydrazone groups is 1. The van der Waals surface area contributed by atoms with Crippen molar-refractivity contribution >= 4 is 22.1 Å². The summed E-state index contributed by atoms with van der Waals surface area (Å²) in [6, 6.07) is 22.9. The molecule has 3 aromatic rings. The molecule has 0 fully saturated rings. The van der Waals surface area contributed by atoms with Gasteiger partial charge in [-0.2, -0.15) is 9.41 Å². The number of nitrogens with zero attached hydrogens (tertiary/aromatic N) is 2. The summed E-state index contributed by atoms with van der Waals surface area (Å²) < 4.78 is 33.2. The van der Waals surface area contributed by atoms with Gasteiger partial charge in [0.2, 0.25) is 10.0 Å². The normalized spacial score (nSPS) is 11.6. The fraction of sp³-hybridized carbons (Fsp3) is 0.200. The lowest BCUT2D eigenvalue weighted by molar-refractivity contribution is -0.121. The smallest absolute Gasteiger partial charge is 0.255 e. The van der Waals surface area contributed by atoms with E-state index in [4.69, 9.17) is 4.74 Å². The van der Waals surface area contributed by atoms with Gasteiger partial charge in [-0.15, -0.1) is 0 Å². The summed E-state index contributed by atoms with van der Waals surface area (Å²) in [4.78, 5) is 12.7. The number of ether oxygens (including phenoxy) is 1. The maximum atomic E-state index is 13.2. The molecule has 0 unspecified atom stereocenters. The third-order valence-electron chi connectivity index (χ3n) is 4.79. The van der Waals surface area contributed by atoms with Gasteiger partial charge in [-0.05, 0) is 43.7 Å². The molecule has 0 aliphatic carbocycles. The molecule has 0 atom stereocenters. The number of nitrogens with one attached hydrogen (secondary N) is 1. The molecule has 7 nitrogen and oxygen atoms in total. The third-order valence-corrected chi connectivity index (χ3v) is 6.60. The second-order valence-electron chi connectivity index (χ2n) is 7.34. The number of hydrogen-bond acceptors (Lipinski definition) is 5. The second-order valence-corrected chi connectivity index (χ2v) is 9.27. The van der Waals surface area contributed by atoms with Crippen LogP contribution in [-0.4, -0.2) is 38.0 Å². The topological polar surface area (TPSA) is 88.1 Å². The lowest BCUT2D eigenvalue weighted by Crippen LogP contribution is -2.39. The van der Waals surface area contributed by atoms with E-state index in [1.54, 1.807) is 18.2 Å². The highest BCUT2D eigenvalue weighted by molar-refractivity contribution is 7.89. The molecule has 0 radical (unpaired) electrons. The van der Waals surface area contributed by atoms with Crippen molar-refractivity contribution in [3.63, 3.8) is 0 Å². The second kappa shape index (κ2) is 11.4. The van der Waals surface area contributed by atoms with E-state index in [0.29, 0.717) is 17.9 Å². The van der Waals surface area contributed by atoms with Gasteiger partial charge in [0.1, 0.15) is 5.75 Å². The number of benzene rings is 3. The number of para-hydroxylation sites is 1. The Morgan fingerprint density at radius 3 is 2.36 bits per heavy atom. The Morgan fingerprint density at radius 2 is 1.67 bits per heavy atom. The molecular formula is C25H27N3O4S. The average molecular weight is 466 g/mol. The van der Waals surface area contributed by atoms with Crippen LogP contribution in [0.3, 0.4) is 0 Å². The maximum absolute atomic E-state index is 13.2. The van der Waals surface area contributed by atoms with Crippen molar-refractivity contribution in [2.45, 2.75) is 25.3 Å². The predicted molar refractivity (Wildman–Crippen MR) is 129 cm³/mol. The molecule has 0 spiro atoms. The van der Waals surface area contributed by atoms with Gasteiger partial charge >= 0.3 is 0 Å². The van der Waals surface area contributed by atoms with Crippen molar-refractivity contribution in [3.8, 4) is 5.75 Å². The van der Waals surface area contributed by atoms with Crippen molar-refractivity contribution in [3.05, 3.63) is 95.6 Å². The van der Waals surface area contributed by atoms with Gasteiger partial charge in [-0.25, -0.2) is 13.8 Å². The largest absolute Gasteiger partial charge is 0.493 e. The first-order valence-corrected chi connectivity index (χ1v) is 12.0. The Bertz CT molecular complexity index is 1190. The van der Waals surface area contributed by atoms with Crippen LogP contribution in [0.4, 0.5) is 0 Å². The van der Waals surface area contributed by atoms with Crippen LogP contribution >= 0.6 is 0 Å². The van der Waals surface area contributed by atoms with E-state index in [-0.39, 0.29) is 18.0 Å². The summed E-state index contributed by atoms with van der Waals surface area (Å²) in [6.45, 7) is 4.02. The Balaban J connectivity index is 1.76. The van der Waals surface area contributed by atoms with E-state index < -0.39 is 15.9 Å². The van der Waals surface area contributed by atoms with Crippen molar-refractivity contribution in [1.82, 2.24) is 9.73 Å². The SMILES string of the molecule is CCOc1ccccc1C=NNC(=O)CN(Cc1ccc(C)cc1)S(=O)(=O)c1ccccc1. The number of rotatable bonds is 10. The van der Waals surface area contributed by atoms with E-state index in [2.05, 4.69) is 10.5 Å². The zero-order valence-corrected chi connectivity index (χ0v) is 19.5. The molecule has 8 heteroatoms. The summed E-state index contributed by atoms with van der Waals surface area (Å²) in [5, 5.41) is 3.98. The maximum Gasteiger partial charge on any atom is 0.255 e. The monoisotopic (exact) mass is 465 g/mol. The van der Waals surface area contributed by atoms with Crippen molar-refractivity contribution in [2.24, 2.45) is 5.10 Å². The molecular weight excluding hydrogens is 438 g/mol. The Morgan fingerprint density at radius 1 is 1.00 bits per heavy atom. The number of carbonyl (C=O) groups is 1. The molecule has 0 aliphatic heterocycles. The molecule has 1 N–H and O–H groups in total. The molecule has 0 saturated carbocycles. The number of aryl methyl sites for hydroxylation is 1. The highest BCUT2D eigenvalue weighted by atomic mass is 32.2. The standard InChI is InChI=1S/C25H27N3O4S/c1-3-32-24-12-8-7-9-22(24)17-26-27-25(29)19-28(18-21-15-13-20(2)14-16-21)33(30,31)23-10-5-4-6-11-23/h4-17H,3,18-19H2,1-2H3,(H,27,29). The van der Waals surface area contributed by atoms with Crippen LogP contribution in [-0.2, 0) is 21.4 Å². The Labute approximate surface area is 194 Å². The van der Waals surface area contributed by atoms with E-state index in [1.165, 1.54) is 18.3 Å². The van der Waals surface area contributed by atoms with Crippen LogP contribution in [0.5, 0.6) is 5.75 Å². The molecule has 33 heavy (non-hydrogen) atoms. The van der Waals surface area contributed by atoms with Crippen LogP contribution in [0, 0.1) is 6.92 Å². The molecule has 0 aromatic heterocycles. The molecule has 0 saturated heterocycles. The van der Waals surface area contributed by atoms with Gasteiger partial charge < -0.3 is 4.74 Å². The number of hydrogen-bond donors (Lipinski definition) is 1. The minimum atomic E-state index is -3.90. The van der Waals surface area contributed by atoms with Crippen LogP contribution < -0.4 is 10.2 Å². The van der Waals surface area contributed by atoms with Gasteiger partial charge in [0.25, 0.3) is 5.91 Å². The van der Waals surface area contributed by atoms with Crippen molar-refractivity contribution in [1.29, 1.82) is 0 Å². The van der Waals surface area contributed by atoms with Gasteiger partial charge in [0, 0.05) is 12.1 Å². The van der Waals surface area contributed by atoms with Gasteiger partial charge in [-0.1, -0.05) is 60.2 Å². The third kappa shape index (κ3) is 6.74. The highest BCUT2D eigenvalue weighted by Crippen LogP contribution is 2.19. The highest BCUT2D eigenvalue weighted by Gasteiger charge is 2.26. The molecule has 0 bridgehead atoms. The summed E-state index contributed by atoms with van der Waals surface area (Å²) in [7, 11) is -3.90. The molecule has 172 valence electrons. The summed E-state index contributed by atoms with van der Waals surface area (Å²) in [5.41, 5.74) is 4.97. The van der Waals surface area contributed by atoms with Crippen LogP contribution in [0.1, 0.15) is 23.6 Å². The fourth-order valence-corrected chi connectivity index (χ4v) is 4.51. The Hall–Kier alpha value is -3.49. The predicted octanol–water partition coefficient (Wildman–Crippen LogP) is 3.73. The summed E-state index contributed by atoms with van der Waals surface area (Å²) in [5.74, 6) is 0.0948. The Kier molecular flexibility index (Phi) is 8.34. The van der Waals surface area contributed by atoms with Crippen LogP contribution in [0.15, 0.2) is 88.9 Å². The molecule has 1 amide bonds. The molecule has 0 aliphatic rings. The molecule has 0 heterocycles. The van der Waals surface area contributed by atoms with E-state index >= 15 is 0 Å². The summed E-state index contributed by atoms with van der Waals surface area (Å²) >= 11 is 0. The number of amides is 1. The molecule has 3 rings (SSSR count). The zero-order valence-electron chi connectivity index (χ0n) is 18.6. The van der Waals surface area contributed by atoms with E-state index in [1.807, 2.05) is 62.4 Å². The first-order valence-electron chi connectivity index (χ1n) is 10.5. The first-order chi connectivity index (χ1) is 15.9. The minimum absolute atomic E-state index is 0.0574. The average Bonchev–Trinajstić information content (AvgIpc) is 2.82. The lowest BCUT2D eigenvalue weighted by Gasteiger charge is -2.21. The lowest BCUT2D eigenvalue weighted by atomic mass is 10.1. The van der Waals surface area contributed by atoms with E-state index in [0.717, 1.165) is 15.4 Å². The van der Waals surface area contributed by atoms with Gasteiger partial charge in [-0.3, -0.25) is 4.79 Å². The molecule has 3 aromatic carbocycles. The van der Waals surface area contributed by atoms with Gasteiger partial charge in [0.15, 0.2) is 0 Å². The zero-order chi connectivity index (χ0) is 23.7. The van der Waals surface area contributed by atoms with E-state index in [9.17, 15) is 13.2 Å². The van der Waals surface area contributed by atoms with Gasteiger partial charge in [0.05, 0.1) is 24.3 Å². The quantitative estimate of drug-likeness (QED) is 0.365. The van der Waals surface area contributed by atoms with Crippen molar-refractivity contribution in [2.75, 3.05) is 13.2 Å².